The number of ether oxygens (including phenoxy) is 1. The second-order valence-electron chi connectivity index (χ2n) is 5.93. The van der Waals surface area contributed by atoms with Crippen molar-refractivity contribution in [3.05, 3.63) is 11.7 Å². The molecular weight excluding hydrogens is 256 g/mol. The van der Waals surface area contributed by atoms with Crippen molar-refractivity contribution in [2.45, 2.75) is 64.4 Å². The largest absolute Gasteiger partial charge is 0.370 e. The van der Waals surface area contributed by atoms with Crippen LogP contribution in [0.25, 0.3) is 0 Å². The number of Topliss-reactive ketones (excluding diaryl/α,β-unsaturated/α-hetero) is 1. The van der Waals surface area contributed by atoms with Crippen LogP contribution in [0.2, 0.25) is 0 Å². The van der Waals surface area contributed by atoms with Crippen molar-refractivity contribution in [3.63, 3.8) is 0 Å². The molecule has 3 unspecified atom stereocenters. The SMILES string of the molecule is CCC(C(C)=O)c1nc(C2(OC)CCCC(C)C2)no1. The van der Waals surface area contributed by atoms with E-state index >= 15 is 0 Å². The number of methoxy groups -OCH3 is 1. The van der Waals surface area contributed by atoms with E-state index in [-0.39, 0.29) is 11.7 Å². The highest BCUT2D eigenvalue weighted by Crippen LogP contribution is 2.41. The van der Waals surface area contributed by atoms with Crippen molar-refractivity contribution in [2.75, 3.05) is 7.11 Å². The van der Waals surface area contributed by atoms with Crippen LogP contribution in [0.3, 0.4) is 0 Å². The van der Waals surface area contributed by atoms with E-state index in [9.17, 15) is 4.79 Å². The van der Waals surface area contributed by atoms with Crippen molar-refractivity contribution in [1.29, 1.82) is 0 Å². The minimum absolute atomic E-state index is 0.0613. The predicted molar refractivity (Wildman–Crippen MR) is 74.3 cm³/mol. The van der Waals surface area contributed by atoms with Crippen molar-refractivity contribution < 1.29 is 14.1 Å². The number of hydrogen-bond acceptors (Lipinski definition) is 5. The van der Waals surface area contributed by atoms with Crippen LogP contribution in [0, 0.1) is 5.92 Å². The van der Waals surface area contributed by atoms with Gasteiger partial charge in [-0.2, -0.15) is 4.98 Å². The standard InChI is InChI=1S/C15H24N2O3/c1-5-12(11(3)18)13-16-14(17-20-13)15(19-4)8-6-7-10(2)9-15/h10,12H,5-9H2,1-4H3. The molecule has 0 aliphatic heterocycles. The average Bonchev–Trinajstić information content (AvgIpc) is 2.89. The highest BCUT2D eigenvalue weighted by Gasteiger charge is 2.41. The topological polar surface area (TPSA) is 65.2 Å². The van der Waals surface area contributed by atoms with Crippen LogP contribution < -0.4 is 0 Å². The highest BCUT2D eigenvalue weighted by molar-refractivity contribution is 5.82. The quantitative estimate of drug-likeness (QED) is 0.828. The Hall–Kier alpha value is -1.23. The van der Waals surface area contributed by atoms with Gasteiger partial charge < -0.3 is 9.26 Å². The Balaban J connectivity index is 2.28. The van der Waals surface area contributed by atoms with Crippen LogP contribution in [0.5, 0.6) is 0 Å². The summed E-state index contributed by atoms with van der Waals surface area (Å²) in [4.78, 5) is 16.1. The highest BCUT2D eigenvalue weighted by atomic mass is 16.5. The molecule has 0 radical (unpaired) electrons. The second-order valence-corrected chi connectivity index (χ2v) is 5.93. The molecule has 1 aromatic heterocycles. The lowest BCUT2D eigenvalue weighted by molar-refractivity contribution is -0.119. The van der Waals surface area contributed by atoms with Crippen molar-refractivity contribution in [3.8, 4) is 0 Å². The first kappa shape index (κ1) is 15.2. The predicted octanol–water partition coefficient (Wildman–Crippen LogP) is 3.20. The van der Waals surface area contributed by atoms with E-state index in [0.717, 1.165) is 19.3 Å². The third-order valence-corrected chi connectivity index (χ3v) is 4.39. The van der Waals surface area contributed by atoms with Gasteiger partial charge in [-0.3, -0.25) is 4.79 Å². The fourth-order valence-corrected chi connectivity index (χ4v) is 3.18. The summed E-state index contributed by atoms with van der Waals surface area (Å²) in [5.74, 6) is 1.36. The summed E-state index contributed by atoms with van der Waals surface area (Å²) in [6.07, 6.45) is 4.79. The maximum atomic E-state index is 11.6. The van der Waals surface area contributed by atoms with Crippen LogP contribution in [-0.4, -0.2) is 23.0 Å². The molecule has 20 heavy (non-hydrogen) atoms. The molecule has 0 spiro atoms. The van der Waals surface area contributed by atoms with Gasteiger partial charge in [-0.25, -0.2) is 0 Å². The molecule has 1 fully saturated rings. The van der Waals surface area contributed by atoms with Crippen LogP contribution in [0.15, 0.2) is 4.52 Å². The first-order chi connectivity index (χ1) is 9.52. The molecule has 112 valence electrons. The molecule has 1 saturated carbocycles. The Morgan fingerprint density at radius 2 is 2.35 bits per heavy atom. The lowest BCUT2D eigenvalue weighted by atomic mass is 9.78. The summed E-state index contributed by atoms with van der Waals surface area (Å²) < 4.78 is 11.1. The third-order valence-electron chi connectivity index (χ3n) is 4.39. The number of nitrogens with zero attached hydrogens (tertiary/aromatic N) is 2. The summed E-state index contributed by atoms with van der Waals surface area (Å²) in [7, 11) is 1.70. The van der Waals surface area contributed by atoms with E-state index in [1.165, 1.54) is 6.42 Å². The molecule has 1 heterocycles. The monoisotopic (exact) mass is 280 g/mol. The zero-order valence-electron chi connectivity index (χ0n) is 12.8. The molecule has 2 rings (SSSR count). The molecule has 5 nitrogen and oxygen atoms in total. The zero-order valence-corrected chi connectivity index (χ0v) is 12.8. The van der Waals surface area contributed by atoms with Gasteiger partial charge in [0.05, 0.1) is 5.92 Å². The Kier molecular flexibility index (Phi) is 4.58. The summed E-state index contributed by atoms with van der Waals surface area (Å²) in [5.41, 5.74) is -0.450. The molecule has 1 aliphatic carbocycles. The van der Waals surface area contributed by atoms with Gasteiger partial charge in [0.1, 0.15) is 11.4 Å². The van der Waals surface area contributed by atoms with Crippen molar-refractivity contribution in [2.24, 2.45) is 5.92 Å². The van der Waals surface area contributed by atoms with Crippen molar-refractivity contribution >= 4 is 5.78 Å². The maximum absolute atomic E-state index is 11.6. The van der Waals surface area contributed by atoms with Gasteiger partial charge in [0.25, 0.3) is 0 Å². The number of rotatable bonds is 5. The maximum Gasteiger partial charge on any atom is 0.237 e. The minimum atomic E-state index is -0.450. The average molecular weight is 280 g/mol. The normalized spacial score (nSPS) is 28.3. The smallest absolute Gasteiger partial charge is 0.237 e. The number of carbonyl (C=O) groups excluding carboxylic acids is 1. The minimum Gasteiger partial charge on any atom is -0.370 e. The first-order valence-corrected chi connectivity index (χ1v) is 7.42. The first-order valence-electron chi connectivity index (χ1n) is 7.42. The number of ketones is 1. The van der Waals surface area contributed by atoms with E-state index in [0.29, 0.717) is 24.1 Å². The molecule has 5 heteroatoms. The summed E-state index contributed by atoms with van der Waals surface area (Å²) >= 11 is 0. The Morgan fingerprint density at radius 1 is 1.60 bits per heavy atom. The van der Waals surface area contributed by atoms with Crippen LogP contribution >= 0.6 is 0 Å². The van der Waals surface area contributed by atoms with Crippen molar-refractivity contribution in [1.82, 2.24) is 10.1 Å². The lowest BCUT2D eigenvalue weighted by Gasteiger charge is -2.36. The molecule has 0 amide bonds. The van der Waals surface area contributed by atoms with E-state index in [1.54, 1.807) is 14.0 Å². The zero-order chi connectivity index (χ0) is 14.8. The molecular formula is C15H24N2O3. The second kappa shape index (κ2) is 6.04. The van der Waals surface area contributed by atoms with Gasteiger partial charge in [0, 0.05) is 7.11 Å². The summed E-state index contributed by atoms with van der Waals surface area (Å²) in [5, 5.41) is 4.11. The fraction of sp³-hybridized carbons (Fsp3) is 0.800. The van der Waals surface area contributed by atoms with Gasteiger partial charge in [-0.05, 0) is 38.5 Å². The van der Waals surface area contributed by atoms with Gasteiger partial charge in [0.15, 0.2) is 0 Å². The lowest BCUT2D eigenvalue weighted by Crippen LogP contribution is -2.35. The molecule has 1 aromatic rings. The Labute approximate surface area is 120 Å². The molecule has 0 bridgehead atoms. The van der Waals surface area contributed by atoms with E-state index in [2.05, 4.69) is 17.1 Å². The molecule has 1 aliphatic rings. The molecule has 0 aromatic carbocycles. The number of hydrogen-bond donors (Lipinski definition) is 0. The summed E-state index contributed by atoms with van der Waals surface area (Å²) in [6.45, 7) is 5.73. The van der Waals surface area contributed by atoms with Gasteiger partial charge in [-0.15, -0.1) is 0 Å². The molecule has 0 N–H and O–H groups in total. The third kappa shape index (κ3) is 2.77. The molecule has 0 saturated heterocycles. The Morgan fingerprint density at radius 3 is 2.90 bits per heavy atom. The number of aromatic nitrogens is 2. The van der Waals surface area contributed by atoms with Crippen LogP contribution in [0.1, 0.15) is 70.5 Å². The summed E-state index contributed by atoms with van der Waals surface area (Å²) in [6, 6.07) is 0. The van der Waals surface area contributed by atoms with Crippen LogP contribution in [-0.2, 0) is 15.1 Å². The van der Waals surface area contributed by atoms with Crippen LogP contribution in [0.4, 0.5) is 0 Å². The Bertz CT molecular complexity index is 471. The fourth-order valence-electron chi connectivity index (χ4n) is 3.18. The van der Waals surface area contributed by atoms with E-state index < -0.39 is 5.60 Å². The van der Waals surface area contributed by atoms with Gasteiger partial charge in [-0.1, -0.05) is 25.4 Å². The van der Waals surface area contributed by atoms with E-state index in [1.807, 2.05) is 6.92 Å². The van der Waals surface area contributed by atoms with Gasteiger partial charge >= 0.3 is 0 Å². The van der Waals surface area contributed by atoms with Gasteiger partial charge in [0.2, 0.25) is 11.7 Å². The number of carbonyl (C=O) groups is 1. The molecule has 3 atom stereocenters. The van der Waals surface area contributed by atoms with E-state index in [4.69, 9.17) is 9.26 Å².